The van der Waals surface area contributed by atoms with Gasteiger partial charge in [-0.05, 0) is 29.2 Å². The van der Waals surface area contributed by atoms with Crippen LogP contribution in [0.1, 0.15) is 26.3 Å². The number of hydrogen-bond acceptors (Lipinski definition) is 2. The van der Waals surface area contributed by atoms with Crippen LogP contribution in [0.5, 0.6) is 0 Å². The van der Waals surface area contributed by atoms with E-state index in [0.717, 1.165) is 10.0 Å². The van der Waals surface area contributed by atoms with Crippen molar-refractivity contribution in [3.63, 3.8) is 0 Å². The molecule has 0 saturated carbocycles. The van der Waals surface area contributed by atoms with Gasteiger partial charge in [0.15, 0.2) is 0 Å². The summed E-state index contributed by atoms with van der Waals surface area (Å²) in [6, 6.07) is 6.52. The van der Waals surface area contributed by atoms with E-state index < -0.39 is 23.3 Å². The van der Waals surface area contributed by atoms with Crippen LogP contribution in [-0.2, 0) is 9.59 Å². The van der Waals surface area contributed by atoms with Crippen LogP contribution in [0, 0.1) is 5.41 Å². The molecule has 0 unspecified atom stereocenters. The summed E-state index contributed by atoms with van der Waals surface area (Å²) in [5.41, 5.74) is 0.318. The average Bonchev–Trinajstić information content (AvgIpc) is 2.33. The Morgan fingerprint density at radius 2 is 1.80 bits per heavy atom. The molecule has 0 bridgehead atoms. The predicted octanol–water partition coefficient (Wildman–Crippen LogP) is 3.08. The topological polar surface area (TPSA) is 66.4 Å². The Labute approximate surface area is 127 Å². The van der Waals surface area contributed by atoms with Gasteiger partial charge < -0.3 is 10.4 Å². The van der Waals surface area contributed by atoms with Crippen LogP contribution in [0.4, 0.5) is 0 Å². The lowest BCUT2D eigenvalue weighted by atomic mass is 9.87. The van der Waals surface area contributed by atoms with E-state index in [-0.39, 0.29) is 0 Å². The monoisotopic (exact) mass is 339 g/mol. The summed E-state index contributed by atoms with van der Waals surface area (Å²) in [4.78, 5) is 22.9. The molecule has 0 aliphatic rings. The highest BCUT2D eigenvalue weighted by Crippen LogP contribution is 2.19. The van der Waals surface area contributed by atoms with Gasteiger partial charge in [0, 0.05) is 10.5 Å². The van der Waals surface area contributed by atoms with E-state index in [1.807, 2.05) is 24.3 Å². The fourth-order valence-electron chi connectivity index (χ4n) is 1.58. The van der Waals surface area contributed by atoms with Crippen molar-refractivity contribution in [3.05, 3.63) is 40.4 Å². The molecule has 1 aromatic carbocycles. The van der Waals surface area contributed by atoms with Crippen molar-refractivity contribution < 1.29 is 14.7 Å². The molecule has 0 aliphatic heterocycles. The average molecular weight is 340 g/mol. The van der Waals surface area contributed by atoms with E-state index in [9.17, 15) is 9.59 Å². The lowest BCUT2D eigenvalue weighted by molar-refractivity contribution is -0.144. The predicted molar refractivity (Wildman–Crippen MR) is 82.2 cm³/mol. The Balaban J connectivity index is 2.71. The molecule has 5 heteroatoms. The third-order valence-corrected chi connectivity index (χ3v) is 3.23. The summed E-state index contributed by atoms with van der Waals surface area (Å²) in [5.74, 6) is -1.46. The Morgan fingerprint density at radius 1 is 1.25 bits per heavy atom. The SMILES string of the molecule is CC(C)(C)[C@H](NC(=O)/C=C/c1ccc(Br)cc1)C(=O)O. The number of aliphatic carboxylic acids is 1. The second kappa shape index (κ2) is 6.70. The van der Waals surface area contributed by atoms with Crippen LogP contribution in [0.3, 0.4) is 0 Å². The van der Waals surface area contributed by atoms with E-state index in [1.165, 1.54) is 6.08 Å². The summed E-state index contributed by atoms with van der Waals surface area (Å²) < 4.78 is 0.956. The summed E-state index contributed by atoms with van der Waals surface area (Å²) in [6.07, 6.45) is 2.98. The Bertz CT molecular complexity index is 515. The highest BCUT2D eigenvalue weighted by atomic mass is 79.9. The van der Waals surface area contributed by atoms with E-state index in [4.69, 9.17) is 5.11 Å². The quantitative estimate of drug-likeness (QED) is 0.828. The van der Waals surface area contributed by atoms with Crippen LogP contribution in [0.25, 0.3) is 6.08 Å². The second-order valence-corrected chi connectivity index (χ2v) is 6.45. The molecule has 1 rings (SSSR count). The fraction of sp³-hybridized carbons (Fsp3) is 0.333. The summed E-state index contributed by atoms with van der Waals surface area (Å²) in [6.45, 7) is 5.31. The number of carboxylic acids is 1. The first-order chi connectivity index (χ1) is 9.20. The van der Waals surface area contributed by atoms with Crippen molar-refractivity contribution in [2.24, 2.45) is 5.41 Å². The summed E-state index contributed by atoms with van der Waals surface area (Å²) in [5, 5.41) is 11.6. The van der Waals surface area contributed by atoms with Gasteiger partial charge in [-0.25, -0.2) is 4.79 Å². The number of benzene rings is 1. The molecule has 0 aliphatic carbocycles. The number of halogens is 1. The summed E-state index contributed by atoms with van der Waals surface area (Å²) >= 11 is 3.33. The molecular weight excluding hydrogens is 322 g/mol. The molecule has 0 saturated heterocycles. The first kappa shape index (κ1) is 16.4. The van der Waals surface area contributed by atoms with Crippen molar-refractivity contribution in [3.8, 4) is 0 Å². The molecule has 0 heterocycles. The fourth-order valence-corrected chi connectivity index (χ4v) is 1.85. The van der Waals surface area contributed by atoms with E-state index >= 15 is 0 Å². The van der Waals surface area contributed by atoms with Crippen LogP contribution in [0.15, 0.2) is 34.8 Å². The Hall–Kier alpha value is -1.62. The highest BCUT2D eigenvalue weighted by Gasteiger charge is 2.31. The minimum Gasteiger partial charge on any atom is -0.480 e. The molecule has 0 fully saturated rings. The molecule has 2 N–H and O–H groups in total. The third-order valence-electron chi connectivity index (χ3n) is 2.70. The first-order valence-corrected chi connectivity index (χ1v) is 6.96. The molecule has 4 nitrogen and oxygen atoms in total. The van der Waals surface area contributed by atoms with Gasteiger partial charge >= 0.3 is 5.97 Å². The smallest absolute Gasteiger partial charge is 0.326 e. The molecule has 1 aromatic rings. The number of rotatable bonds is 4. The van der Waals surface area contributed by atoms with Gasteiger partial charge in [-0.1, -0.05) is 48.8 Å². The second-order valence-electron chi connectivity index (χ2n) is 5.53. The van der Waals surface area contributed by atoms with Gasteiger partial charge in [0.1, 0.15) is 6.04 Å². The zero-order chi connectivity index (χ0) is 15.3. The molecular formula is C15H18BrNO3. The number of hydrogen-bond donors (Lipinski definition) is 2. The van der Waals surface area contributed by atoms with Crippen LogP contribution >= 0.6 is 15.9 Å². The van der Waals surface area contributed by atoms with Gasteiger partial charge in [-0.3, -0.25) is 4.79 Å². The van der Waals surface area contributed by atoms with Gasteiger partial charge in [0.05, 0.1) is 0 Å². The minimum atomic E-state index is -1.04. The van der Waals surface area contributed by atoms with E-state index in [0.29, 0.717) is 0 Å². The van der Waals surface area contributed by atoms with Gasteiger partial charge in [0.25, 0.3) is 0 Å². The van der Waals surface area contributed by atoms with Gasteiger partial charge in [0.2, 0.25) is 5.91 Å². The number of carbonyl (C=O) groups excluding carboxylic acids is 1. The number of amides is 1. The van der Waals surface area contributed by atoms with Crippen LogP contribution < -0.4 is 5.32 Å². The van der Waals surface area contributed by atoms with Crippen molar-refractivity contribution in [1.82, 2.24) is 5.32 Å². The Morgan fingerprint density at radius 3 is 2.25 bits per heavy atom. The number of carbonyl (C=O) groups is 2. The normalized spacial score (nSPS) is 13.2. The van der Waals surface area contributed by atoms with Crippen molar-refractivity contribution in [2.45, 2.75) is 26.8 Å². The molecule has 108 valence electrons. The van der Waals surface area contributed by atoms with E-state index in [2.05, 4.69) is 21.2 Å². The van der Waals surface area contributed by atoms with Crippen molar-refractivity contribution in [2.75, 3.05) is 0 Å². The maximum atomic E-state index is 11.8. The molecule has 1 atom stereocenters. The molecule has 0 spiro atoms. The molecule has 20 heavy (non-hydrogen) atoms. The van der Waals surface area contributed by atoms with Crippen LogP contribution in [-0.4, -0.2) is 23.0 Å². The maximum absolute atomic E-state index is 11.8. The zero-order valence-corrected chi connectivity index (χ0v) is 13.3. The minimum absolute atomic E-state index is 0.421. The third kappa shape index (κ3) is 5.17. The maximum Gasteiger partial charge on any atom is 0.326 e. The highest BCUT2D eigenvalue weighted by molar-refractivity contribution is 9.10. The van der Waals surface area contributed by atoms with Crippen molar-refractivity contribution in [1.29, 1.82) is 0 Å². The molecule has 1 amide bonds. The lowest BCUT2D eigenvalue weighted by Crippen LogP contribution is -2.48. The van der Waals surface area contributed by atoms with Gasteiger partial charge in [-0.2, -0.15) is 0 Å². The number of carboxylic acid groups (broad SMARTS) is 1. The molecule has 0 radical (unpaired) electrons. The zero-order valence-electron chi connectivity index (χ0n) is 11.7. The van der Waals surface area contributed by atoms with Gasteiger partial charge in [-0.15, -0.1) is 0 Å². The number of nitrogens with one attached hydrogen (secondary N) is 1. The van der Waals surface area contributed by atoms with Crippen LogP contribution in [0.2, 0.25) is 0 Å². The standard InChI is InChI=1S/C15H18BrNO3/c1-15(2,3)13(14(19)20)17-12(18)9-6-10-4-7-11(16)8-5-10/h4-9,13H,1-3H3,(H,17,18)(H,19,20)/b9-6+/t13-/m1/s1. The summed E-state index contributed by atoms with van der Waals surface area (Å²) in [7, 11) is 0. The lowest BCUT2D eigenvalue weighted by Gasteiger charge is -2.27. The van der Waals surface area contributed by atoms with E-state index in [1.54, 1.807) is 26.8 Å². The first-order valence-electron chi connectivity index (χ1n) is 6.17. The Kier molecular flexibility index (Phi) is 5.51. The largest absolute Gasteiger partial charge is 0.480 e. The van der Waals surface area contributed by atoms with Crippen molar-refractivity contribution >= 4 is 33.9 Å². The molecule has 0 aromatic heterocycles.